The van der Waals surface area contributed by atoms with Gasteiger partial charge in [-0.2, -0.15) is 0 Å². The molecule has 1 aromatic carbocycles. The Hall–Kier alpha value is -2.00. The van der Waals surface area contributed by atoms with Crippen LogP contribution in [0.3, 0.4) is 0 Å². The van der Waals surface area contributed by atoms with Gasteiger partial charge in [-0.15, -0.1) is 0 Å². The van der Waals surface area contributed by atoms with Gasteiger partial charge >= 0.3 is 0 Å². The van der Waals surface area contributed by atoms with E-state index < -0.39 is 12.1 Å². The lowest BCUT2D eigenvalue weighted by Gasteiger charge is -2.30. The predicted octanol–water partition coefficient (Wildman–Crippen LogP) is 4.16. The van der Waals surface area contributed by atoms with Gasteiger partial charge in [0.1, 0.15) is 5.75 Å². The summed E-state index contributed by atoms with van der Waals surface area (Å²) in [5.41, 5.74) is 8.17. The third kappa shape index (κ3) is 11.2. The SMILES string of the molecule is COCCCOc1cc(CC(CC(N)C(O)CC(C(=O)NC[C@@H]2CCCO2)C(C)C)C(C)C)ccc1C(C)=O. The van der Waals surface area contributed by atoms with E-state index in [0.717, 1.165) is 37.9 Å². The molecule has 2 rings (SSSR count). The Kier molecular flexibility index (Phi) is 14.4. The number of rotatable bonds is 18. The Morgan fingerprint density at radius 3 is 2.49 bits per heavy atom. The van der Waals surface area contributed by atoms with Crippen LogP contribution in [0, 0.1) is 23.7 Å². The minimum Gasteiger partial charge on any atom is -0.493 e. The molecule has 1 saturated heterocycles. The van der Waals surface area contributed by atoms with Crippen LogP contribution in [0.1, 0.15) is 82.6 Å². The topological polar surface area (TPSA) is 120 Å². The van der Waals surface area contributed by atoms with Crippen molar-refractivity contribution in [3.05, 3.63) is 29.3 Å². The largest absolute Gasteiger partial charge is 0.493 e. The molecule has 1 heterocycles. The molecule has 0 bridgehead atoms. The molecule has 8 nitrogen and oxygen atoms in total. The second-order valence-corrected chi connectivity index (χ2v) is 11.7. The molecule has 1 aromatic rings. The molecule has 39 heavy (non-hydrogen) atoms. The Morgan fingerprint density at radius 1 is 1.15 bits per heavy atom. The van der Waals surface area contributed by atoms with Crippen molar-refractivity contribution >= 4 is 11.7 Å². The molecule has 8 heteroatoms. The normalized spacial score (nSPS) is 18.7. The number of aliphatic hydroxyl groups is 1. The molecule has 0 aromatic heterocycles. The Labute approximate surface area is 235 Å². The highest BCUT2D eigenvalue weighted by Crippen LogP contribution is 2.29. The minimum atomic E-state index is -0.785. The smallest absolute Gasteiger partial charge is 0.223 e. The lowest BCUT2D eigenvalue weighted by molar-refractivity contribution is -0.128. The third-order valence-electron chi connectivity index (χ3n) is 7.85. The lowest BCUT2D eigenvalue weighted by Crippen LogP contribution is -2.43. The van der Waals surface area contributed by atoms with Crippen molar-refractivity contribution in [1.82, 2.24) is 5.32 Å². The van der Waals surface area contributed by atoms with Gasteiger partial charge in [0.2, 0.25) is 5.91 Å². The van der Waals surface area contributed by atoms with Crippen molar-refractivity contribution in [2.24, 2.45) is 29.4 Å². The summed E-state index contributed by atoms with van der Waals surface area (Å²) in [6, 6.07) is 5.31. The van der Waals surface area contributed by atoms with Gasteiger partial charge < -0.3 is 30.4 Å². The summed E-state index contributed by atoms with van der Waals surface area (Å²) in [6.07, 6.45) is 3.74. The number of hydrogen-bond donors (Lipinski definition) is 3. The Morgan fingerprint density at radius 2 is 1.90 bits per heavy atom. The quantitative estimate of drug-likeness (QED) is 0.186. The number of carbonyl (C=O) groups excluding carboxylic acids is 2. The van der Waals surface area contributed by atoms with Crippen LogP contribution in [0.25, 0.3) is 0 Å². The molecule has 5 atom stereocenters. The number of ether oxygens (including phenoxy) is 3. The molecular weight excluding hydrogens is 496 g/mol. The van der Waals surface area contributed by atoms with Crippen LogP contribution in [-0.4, -0.2) is 68.5 Å². The number of hydrogen-bond acceptors (Lipinski definition) is 7. The number of methoxy groups -OCH3 is 1. The highest BCUT2D eigenvalue weighted by atomic mass is 16.5. The standard InChI is InChI=1S/C31H52N2O6/c1-20(2)24(15-23-10-11-26(22(5)34)30(16-23)39-14-8-12-37-6)17-28(32)29(35)18-27(21(3)4)31(36)33-19-25-9-7-13-38-25/h10-11,16,20-21,24-25,27-29,35H,7-9,12-15,17-19,32H2,1-6H3,(H,33,36)/t24?,25-,27?,28?,29?/m0/s1. The van der Waals surface area contributed by atoms with Crippen LogP contribution in [0.5, 0.6) is 5.75 Å². The third-order valence-corrected chi connectivity index (χ3v) is 7.85. The zero-order chi connectivity index (χ0) is 28.9. The first-order valence-corrected chi connectivity index (χ1v) is 14.6. The molecule has 4 unspecified atom stereocenters. The first-order valence-electron chi connectivity index (χ1n) is 14.6. The lowest BCUT2D eigenvalue weighted by atomic mass is 9.80. The van der Waals surface area contributed by atoms with Crippen LogP contribution < -0.4 is 15.8 Å². The highest BCUT2D eigenvalue weighted by molar-refractivity contribution is 5.96. The molecule has 1 amide bonds. The number of carbonyl (C=O) groups is 2. The summed E-state index contributed by atoms with van der Waals surface area (Å²) in [6.45, 7) is 12.2. The minimum absolute atomic E-state index is 0.0339. The van der Waals surface area contributed by atoms with E-state index in [0.29, 0.717) is 49.8 Å². The van der Waals surface area contributed by atoms with Crippen molar-refractivity contribution in [2.75, 3.05) is 33.5 Å². The molecule has 0 saturated carbocycles. The molecule has 0 radical (unpaired) electrons. The predicted molar refractivity (Wildman–Crippen MR) is 154 cm³/mol. The van der Waals surface area contributed by atoms with Gasteiger partial charge in [0.05, 0.1) is 24.4 Å². The molecule has 1 aliphatic rings. The van der Waals surface area contributed by atoms with Crippen LogP contribution in [0.15, 0.2) is 18.2 Å². The van der Waals surface area contributed by atoms with E-state index in [1.54, 1.807) is 14.0 Å². The van der Waals surface area contributed by atoms with E-state index in [4.69, 9.17) is 19.9 Å². The summed E-state index contributed by atoms with van der Waals surface area (Å²) >= 11 is 0. The van der Waals surface area contributed by atoms with E-state index in [9.17, 15) is 14.7 Å². The van der Waals surface area contributed by atoms with Crippen molar-refractivity contribution in [3.8, 4) is 5.75 Å². The summed E-state index contributed by atoms with van der Waals surface area (Å²) in [5, 5.41) is 14.1. The van der Waals surface area contributed by atoms with Gasteiger partial charge in [0.15, 0.2) is 5.78 Å². The zero-order valence-electron chi connectivity index (χ0n) is 24.9. The monoisotopic (exact) mass is 548 g/mol. The molecule has 0 spiro atoms. The maximum Gasteiger partial charge on any atom is 0.223 e. The number of nitrogens with one attached hydrogen (secondary N) is 1. The summed E-state index contributed by atoms with van der Waals surface area (Å²) in [7, 11) is 1.65. The number of ketones is 1. The Bertz CT molecular complexity index is 884. The maximum absolute atomic E-state index is 12.9. The van der Waals surface area contributed by atoms with Gasteiger partial charge in [0.25, 0.3) is 0 Å². The van der Waals surface area contributed by atoms with Crippen molar-refractivity contribution in [2.45, 2.75) is 91.4 Å². The second-order valence-electron chi connectivity index (χ2n) is 11.7. The molecule has 1 aliphatic heterocycles. The summed E-state index contributed by atoms with van der Waals surface area (Å²) in [4.78, 5) is 25.1. The van der Waals surface area contributed by atoms with Crippen LogP contribution >= 0.6 is 0 Å². The van der Waals surface area contributed by atoms with Gasteiger partial charge in [-0.3, -0.25) is 9.59 Å². The van der Waals surface area contributed by atoms with Gasteiger partial charge in [-0.05, 0) is 74.5 Å². The molecule has 222 valence electrons. The first-order chi connectivity index (χ1) is 18.5. The fourth-order valence-electron chi connectivity index (χ4n) is 5.16. The molecule has 4 N–H and O–H groups in total. The first kappa shape index (κ1) is 33.2. The highest BCUT2D eigenvalue weighted by Gasteiger charge is 2.30. The molecule has 1 fully saturated rings. The van der Waals surface area contributed by atoms with E-state index in [-0.39, 0.29) is 35.5 Å². The molecule has 0 aliphatic carbocycles. The summed E-state index contributed by atoms with van der Waals surface area (Å²) in [5.74, 6) is 0.824. The maximum atomic E-state index is 12.9. The van der Waals surface area contributed by atoms with Crippen LogP contribution in [0.2, 0.25) is 0 Å². The van der Waals surface area contributed by atoms with Crippen molar-refractivity contribution in [3.63, 3.8) is 0 Å². The van der Waals surface area contributed by atoms with Crippen LogP contribution in [0.4, 0.5) is 0 Å². The van der Waals surface area contributed by atoms with E-state index in [2.05, 4.69) is 19.2 Å². The summed E-state index contributed by atoms with van der Waals surface area (Å²) < 4.78 is 16.6. The average Bonchev–Trinajstić information content (AvgIpc) is 3.41. The number of benzene rings is 1. The average molecular weight is 549 g/mol. The number of aliphatic hydroxyl groups excluding tert-OH is 1. The van der Waals surface area contributed by atoms with Gasteiger partial charge in [0, 0.05) is 45.2 Å². The number of nitrogens with two attached hydrogens (primary N) is 1. The van der Waals surface area contributed by atoms with Gasteiger partial charge in [-0.25, -0.2) is 0 Å². The van der Waals surface area contributed by atoms with Crippen molar-refractivity contribution in [1.29, 1.82) is 0 Å². The van der Waals surface area contributed by atoms with Gasteiger partial charge in [-0.1, -0.05) is 33.8 Å². The fraction of sp³-hybridized carbons (Fsp3) is 0.742. The number of amides is 1. The fourth-order valence-corrected chi connectivity index (χ4v) is 5.16. The van der Waals surface area contributed by atoms with Crippen LogP contribution in [-0.2, 0) is 20.7 Å². The van der Waals surface area contributed by atoms with E-state index in [1.165, 1.54) is 0 Å². The number of Topliss-reactive ketones (excluding diaryl/α,β-unsaturated/α-hetero) is 1. The van der Waals surface area contributed by atoms with E-state index >= 15 is 0 Å². The second kappa shape index (κ2) is 17.0. The van der Waals surface area contributed by atoms with Crippen molar-refractivity contribution < 1.29 is 28.9 Å². The zero-order valence-corrected chi connectivity index (χ0v) is 24.9. The Balaban J connectivity index is 2.01. The molecular formula is C31H52N2O6. The van der Waals surface area contributed by atoms with E-state index in [1.807, 2.05) is 32.0 Å².